The van der Waals surface area contributed by atoms with Crippen LogP contribution in [0, 0.1) is 12.8 Å². The van der Waals surface area contributed by atoms with Crippen LogP contribution in [-0.4, -0.2) is 28.7 Å². The van der Waals surface area contributed by atoms with Gasteiger partial charge in [-0.25, -0.2) is 9.97 Å². The summed E-state index contributed by atoms with van der Waals surface area (Å²) in [7, 11) is 1.63. The molecule has 30 heavy (non-hydrogen) atoms. The van der Waals surface area contributed by atoms with Gasteiger partial charge < -0.3 is 14.2 Å². The largest absolute Gasteiger partial charge is 0.493 e. The lowest BCUT2D eigenvalue weighted by Crippen LogP contribution is -2.05. The van der Waals surface area contributed by atoms with Crippen molar-refractivity contribution < 1.29 is 14.2 Å². The Morgan fingerprint density at radius 2 is 1.83 bits per heavy atom. The van der Waals surface area contributed by atoms with Crippen LogP contribution in [0.2, 0.25) is 0 Å². The number of aromatic nitrogens is 3. The van der Waals surface area contributed by atoms with Crippen molar-refractivity contribution in [1.29, 1.82) is 0 Å². The second-order valence-corrected chi connectivity index (χ2v) is 8.17. The standard InChI is InChI=1S/C23H23N3O3S/c1-14(2)13-28-21-12-17-16(11-20(21)27-4)18(7-8-24-17)29-19-6-5-15(3)26-22(19)23-25-9-10-30-23/h5-12,14H,13H2,1-4H3. The molecule has 0 saturated carbocycles. The summed E-state index contributed by atoms with van der Waals surface area (Å²) in [6.45, 7) is 6.76. The zero-order valence-electron chi connectivity index (χ0n) is 17.4. The molecule has 4 aromatic rings. The number of ether oxygens (including phenoxy) is 3. The minimum atomic E-state index is 0.409. The fraction of sp³-hybridized carbons (Fsp3) is 0.261. The molecule has 3 aromatic heterocycles. The summed E-state index contributed by atoms with van der Waals surface area (Å²) in [5.41, 5.74) is 2.39. The monoisotopic (exact) mass is 421 g/mol. The fourth-order valence-corrected chi connectivity index (χ4v) is 3.61. The predicted molar refractivity (Wildman–Crippen MR) is 119 cm³/mol. The van der Waals surface area contributed by atoms with Crippen LogP contribution in [0.25, 0.3) is 21.6 Å². The van der Waals surface area contributed by atoms with Crippen molar-refractivity contribution in [2.45, 2.75) is 20.8 Å². The maximum absolute atomic E-state index is 6.31. The van der Waals surface area contributed by atoms with Gasteiger partial charge in [0.1, 0.15) is 16.5 Å². The number of hydrogen-bond donors (Lipinski definition) is 0. The number of thiazole rings is 1. The zero-order valence-corrected chi connectivity index (χ0v) is 18.2. The number of pyridine rings is 2. The summed E-state index contributed by atoms with van der Waals surface area (Å²) in [6.07, 6.45) is 3.49. The molecule has 0 bridgehead atoms. The topological polar surface area (TPSA) is 66.4 Å². The Hall–Kier alpha value is -3.19. The Labute approximate surface area is 179 Å². The summed E-state index contributed by atoms with van der Waals surface area (Å²) in [5, 5.41) is 3.57. The van der Waals surface area contributed by atoms with Crippen molar-refractivity contribution in [2.24, 2.45) is 5.92 Å². The highest BCUT2D eigenvalue weighted by Crippen LogP contribution is 2.39. The quantitative estimate of drug-likeness (QED) is 0.370. The zero-order chi connectivity index (χ0) is 21.1. The minimum Gasteiger partial charge on any atom is -0.493 e. The highest BCUT2D eigenvalue weighted by molar-refractivity contribution is 7.13. The Balaban J connectivity index is 1.76. The molecule has 0 fully saturated rings. The summed E-state index contributed by atoms with van der Waals surface area (Å²) in [4.78, 5) is 13.5. The van der Waals surface area contributed by atoms with E-state index in [0.717, 1.165) is 27.3 Å². The summed E-state index contributed by atoms with van der Waals surface area (Å²) in [6, 6.07) is 9.47. The molecule has 1 aromatic carbocycles. The first-order chi connectivity index (χ1) is 14.5. The van der Waals surface area contributed by atoms with Crippen LogP contribution >= 0.6 is 11.3 Å². The molecule has 0 aliphatic rings. The molecule has 0 spiro atoms. The molecule has 4 rings (SSSR count). The Morgan fingerprint density at radius 1 is 0.967 bits per heavy atom. The van der Waals surface area contributed by atoms with Gasteiger partial charge >= 0.3 is 0 Å². The van der Waals surface area contributed by atoms with E-state index < -0.39 is 0 Å². The van der Waals surface area contributed by atoms with Crippen molar-refractivity contribution in [3.05, 3.63) is 53.8 Å². The van der Waals surface area contributed by atoms with Crippen molar-refractivity contribution in [1.82, 2.24) is 15.0 Å². The van der Waals surface area contributed by atoms with Gasteiger partial charge in [0.05, 0.1) is 19.2 Å². The number of rotatable bonds is 7. The molecule has 0 amide bonds. The van der Waals surface area contributed by atoms with Gasteiger partial charge in [-0.1, -0.05) is 13.8 Å². The van der Waals surface area contributed by atoms with Crippen molar-refractivity contribution in [3.63, 3.8) is 0 Å². The lowest BCUT2D eigenvalue weighted by molar-refractivity contribution is 0.257. The molecule has 0 aliphatic carbocycles. The fourth-order valence-electron chi connectivity index (χ4n) is 2.98. The molecule has 0 aliphatic heterocycles. The Bertz CT molecular complexity index is 1160. The summed E-state index contributed by atoms with van der Waals surface area (Å²) < 4.78 is 17.8. The van der Waals surface area contributed by atoms with Crippen LogP contribution in [0.1, 0.15) is 19.5 Å². The lowest BCUT2D eigenvalue weighted by Gasteiger charge is -2.15. The number of benzene rings is 1. The van der Waals surface area contributed by atoms with E-state index in [1.807, 2.05) is 42.6 Å². The molecule has 0 N–H and O–H groups in total. The van der Waals surface area contributed by atoms with Gasteiger partial charge in [0.15, 0.2) is 17.2 Å². The van der Waals surface area contributed by atoms with E-state index in [1.165, 1.54) is 11.3 Å². The van der Waals surface area contributed by atoms with Gasteiger partial charge in [-0.3, -0.25) is 4.98 Å². The first-order valence-corrected chi connectivity index (χ1v) is 10.6. The van der Waals surface area contributed by atoms with E-state index >= 15 is 0 Å². The van der Waals surface area contributed by atoms with Gasteiger partial charge in [-0.2, -0.15) is 0 Å². The Morgan fingerprint density at radius 3 is 2.57 bits per heavy atom. The molecule has 154 valence electrons. The number of aryl methyl sites for hydroxylation is 1. The SMILES string of the molecule is COc1cc2c(Oc3ccc(C)nc3-c3nccs3)ccnc2cc1OCC(C)C. The highest BCUT2D eigenvalue weighted by Gasteiger charge is 2.16. The molecule has 0 radical (unpaired) electrons. The third-order valence-electron chi connectivity index (χ3n) is 4.41. The van der Waals surface area contributed by atoms with Crippen LogP contribution in [0.5, 0.6) is 23.0 Å². The third kappa shape index (κ3) is 4.21. The number of methoxy groups -OCH3 is 1. The normalized spacial score (nSPS) is 11.1. The van der Waals surface area contributed by atoms with E-state index in [2.05, 4.69) is 28.8 Å². The van der Waals surface area contributed by atoms with Crippen LogP contribution in [0.4, 0.5) is 0 Å². The van der Waals surface area contributed by atoms with Crippen molar-refractivity contribution in [2.75, 3.05) is 13.7 Å². The molecule has 0 atom stereocenters. The first-order valence-electron chi connectivity index (χ1n) is 9.70. The molecule has 6 nitrogen and oxygen atoms in total. The molecule has 0 unspecified atom stereocenters. The van der Waals surface area contributed by atoms with Crippen LogP contribution in [0.15, 0.2) is 48.1 Å². The van der Waals surface area contributed by atoms with Gasteiger partial charge in [0.2, 0.25) is 0 Å². The second kappa shape index (κ2) is 8.67. The van der Waals surface area contributed by atoms with Gasteiger partial charge in [0, 0.05) is 34.9 Å². The van der Waals surface area contributed by atoms with Crippen molar-refractivity contribution >= 4 is 22.2 Å². The van der Waals surface area contributed by atoms with E-state index in [1.54, 1.807) is 19.5 Å². The summed E-state index contributed by atoms with van der Waals surface area (Å²) in [5.74, 6) is 3.03. The number of fused-ring (bicyclic) bond motifs is 1. The summed E-state index contributed by atoms with van der Waals surface area (Å²) >= 11 is 1.53. The van der Waals surface area contributed by atoms with E-state index in [-0.39, 0.29) is 0 Å². The number of nitrogens with zero attached hydrogens (tertiary/aromatic N) is 3. The molecule has 7 heteroatoms. The third-order valence-corrected chi connectivity index (χ3v) is 5.19. The highest BCUT2D eigenvalue weighted by atomic mass is 32.1. The predicted octanol–water partition coefficient (Wildman–Crippen LogP) is 5.90. The maximum atomic E-state index is 6.31. The first kappa shape index (κ1) is 20.1. The smallest absolute Gasteiger partial charge is 0.163 e. The van der Waals surface area contributed by atoms with E-state index in [4.69, 9.17) is 14.2 Å². The molecule has 3 heterocycles. The molecule has 0 saturated heterocycles. The second-order valence-electron chi connectivity index (χ2n) is 7.27. The van der Waals surface area contributed by atoms with E-state index in [9.17, 15) is 0 Å². The van der Waals surface area contributed by atoms with Crippen LogP contribution in [-0.2, 0) is 0 Å². The lowest BCUT2D eigenvalue weighted by atomic mass is 10.1. The van der Waals surface area contributed by atoms with E-state index in [0.29, 0.717) is 35.5 Å². The molecular formula is C23H23N3O3S. The number of hydrogen-bond acceptors (Lipinski definition) is 7. The van der Waals surface area contributed by atoms with Gasteiger partial charge in [0.25, 0.3) is 0 Å². The minimum absolute atomic E-state index is 0.409. The molecular weight excluding hydrogens is 398 g/mol. The maximum Gasteiger partial charge on any atom is 0.163 e. The van der Waals surface area contributed by atoms with Crippen LogP contribution < -0.4 is 14.2 Å². The van der Waals surface area contributed by atoms with Crippen LogP contribution in [0.3, 0.4) is 0 Å². The Kier molecular flexibility index (Phi) is 5.81. The van der Waals surface area contributed by atoms with Gasteiger partial charge in [-0.05, 0) is 37.1 Å². The average molecular weight is 422 g/mol. The average Bonchev–Trinajstić information content (AvgIpc) is 3.27. The van der Waals surface area contributed by atoms with Gasteiger partial charge in [-0.15, -0.1) is 11.3 Å². The van der Waals surface area contributed by atoms with Crippen molar-refractivity contribution in [3.8, 4) is 33.7 Å².